The zero-order chi connectivity index (χ0) is 11.2. The fraction of sp³-hybridized carbons (Fsp3) is 1.00. The third-order valence-corrected chi connectivity index (χ3v) is 3.40. The predicted octanol–water partition coefficient (Wildman–Crippen LogP) is 0.333. The van der Waals surface area contributed by atoms with Crippen LogP contribution >= 0.6 is 0 Å². The highest BCUT2D eigenvalue weighted by Gasteiger charge is 2.19. The number of hydrogen-bond acceptors (Lipinski definition) is 4. The van der Waals surface area contributed by atoms with Gasteiger partial charge in [-0.25, -0.2) is 0 Å². The van der Waals surface area contributed by atoms with Crippen molar-refractivity contribution in [1.29, 1.82) is 0 Å². The number of hydrogen-bond donors (Lipinski definition) is 1. The Hall–Kier alpha value is -0.160. The largest absolute Gasteiger partial charge is 0.378 e. The normalized spacial score (nSPS) is 32.8. The summed E-state index contributed by atoms with van der Waals surface area (Å²) < 4.78 is 11.4. The lowest BCUT2D eigenvalue weighted by molar-refractivity contribution is -0.0684. The van der Waals surface area contributed by atoms with E-state index in [2.05, 4.69) is 17.3 Å². The van der Waals surface area contributed by atoms with Crippen LogP contribution < -0.4 is 5.32 Å². The number of rotatable bonds is 4. The topological polar surface area (TPSA) is 33.7 Å². The van der Waals surface area contributed by atoms with E-state index >= 15 is 0 Å². The van der Waals surface area contributed by atoms with Crippen LogP contribution in [-0.2, 0) is 9.47 Å². The van der Waals surface area contributed by atoms with E-state index in [4.69, 9.17) is 9.47 Å². The molecule has 0 aromatic rings. The Morgan fingerprint density at radius 3 is 3.12 bits per heavy atom. The van der Waals surface area contributed by atoms with Crippen molar-refractivity contribution in [2.75, 3.05) is 53.0 Å². The second-order valence-corrected chi connectivity index (χ2v) is 5.00. The molecule has 4 nitrogen and oxygen atoms in total. The smallest absolute Gasteiger partial charge is 0.0935 e. The molecule has 0 radical (unpaired) electrons. The summed E-state index contributed by atoms with van der Waals surface area (Å²) in [6.45, 7) is 6.82. The summed E-state index contributed by atoms with van der Waals surface area (Å²) in [6, 6.07) is 0. The summed E-state index contributed by atoms with van der Waals surface area (Å²) in [5, 5.41) is 3.41. The van der Waals surface area contributed by atoms with E-state index in [0.29, 0.717) is 5.92 Å². The highest BCUT2D eigenvalue weighted by Crippen LogP contribution is 2.11. The van der Waals surface area contributed by atoms with Gasteiger partial charge in [0, 0.05) is 19.6 Å². The number of nitrogens with zero attached hydrogens (tertiary/aromatic N) is 1. The van der Waals surface area contributed by atoms with Crippen LogP contribution in [0.1, 0.15) is 12.8 Å². The Morgan fingerprint density at radius 1 is 1.44 bits per heavy atom. The summed E-state index contributed by atoms with van der Waals surface area (Å²) in [4.78, 5) is 2.31. The van der Waals surface area contributed by atoms with Gasteiger partial charge in [0.05, 0.1) is 25.9 Å². The average molecular weight is 228 g/mol. The molecule has 0 bridgehead atoms. The minimum Gasteiger partial charge on any atom is -0.378 e. The van der Waals surface area contributed by atoms with Crippen LogP contribution in [0.4, 0.5) is 0 Å². The Labute approximate surface area is 98.3 Å². The van der Waals surface area contributed by atoms with E-state index in [0.717, 1.165) is 39.5 Å². The van der Waals surface area contributed by atoms with Crippen molar-refractivity contribution in [3.63, 3.8) is 0 Å². The molecule has 16 heavy (non-hydrogen) atoms. The van der Waals surface area contributed by atoms with Crippen molar-refractivity contribution in [2.24, 2.45) is 5.92 Å². The van der Waals surface area contributed by atoms with Crippen molar-refractivity contribution in [2.45, 2.75) is 18.9 Å². The van der Waals surface area contributed by atoms with Gasteiger partial charge in [-0.1, -0.05) is 0 Å². The number of ether oxygens (including phenoxy) is 2. The fourth-order valence-electron chi connectivity index (χ4n) is 2.40. The van der Waals surface area contributed by atoms with E-state index < -0.39 is 0 Å². The Morgan fingerprint density at radius 2 is 2.38 bits per heavy atom. The van der Waals surface area contributed by atoms with Gasteiger partial charge in [0.1, 0.15) is 0 Å². The van der Waals surface area contributed by atoms with Gasteiger partial charge < -0.3 is 19.7 Å². The molecule has 1 N–H and O–H groups in total. The molecule has 2 atom stereocenters. The van der Waals surface area contributed by atoms with Crippen molar-refractivity contribution in [3.05, 3.63) is 0 Å². The number of nitrogens with one attached hydrogen (secondary N) is 1. The lowest BCUT2D eigenvalue weighted by atomic mass is 10.0. The van der Waals surface area contributed by atoms with Gasteiger partial charge in [-0.05, 0) is 32.4 Å². The number of piperidine rings is 1. The van der Waals surface area contributed by atoms with E-state index in [-0.39, 0.29) is 6.10 Å². The van der Waals surface area contributed by atoms with Gasteiger partial charge >= 0.3 is 0 Å². The summed E-state index contributed by atoms with van der Waals surface area (Å²) in [7, 11) is 2.14. The number of morpholine rings is 1. The van der Waals surface area contributed by atoms with E-state index in [1.807, 2.05) is 0 Å². The molecule has 0 aromatic heterocycles. The zero-order valence-corrected chi connectivity index (χ0v) is 10.3. The van der Waals surface area contributed by atoms with Gasteiger partial charge in [-0.3, -0.25) is 0 Å². The second-order valence-electron chi connectivity index (χ2n) is 5.00. The predicted molar refractivity (Wildman–Crippen MR) is 63.6 cm³/mol. The van der Waals surface area contributed by atoms with Gasteiger partial charge in [-0.15, -0.1) is 0 Å². The van der Waals surface area contributed by atoms with Crippen LogP contribution in [0.15, 0.2) is 0 Å². The summed E-state index contributed by atoms with van der Waals surface area (Å²) in [6.07, 6.45) is 2.87. The summed E-state index contributed by atoms with van der Waals surface area (Å²) in [5.74, 6) is 0.704. The van der Waals surface area contributed by atoms with Crippen molar-refractivity contribution in [1.82, 2.24) is 10.2 Å². The molecule has 0 aromatic carbocycles. The van der Waals surface area contributed by atoms with Crippen molar-refractivity contribution < 1.29 is 9.47 Å². The van der Waals surface area contributed by atoms with Crippen LogP contribution in [0.3, 0.4) is 0 Å². The maximum atomic E-state index is 5.77. The van der Waals surface area contributed by atoms with Gasteiger partial charge in [0.25, 0.3) is 0 Å². The Kier molecular flexibility index (Phi) is 5.03. The molecule has 2 aliphatic heterocycles. The van der Waals surface area contributed by atoms with Gasteiger partial charge in [-0.2, -0.15) is 0 Å². The summed E-state index contributed by atoms with van der Waals surface area (Å²) in [5.41, 5.74) is 0. The Balaban J connectivity index is 1.56. The van der Waals surface area contributed by atoms with Crippen molar-refractivity contribution in [3.8, 4) is 0 Å². The number of likely N-dealkylation sites (N-methyl/N-ethyl adjacent to an activating group) is 1. The molecule has 2 fully saturated rings. The molecule has 94 valence electrons. The van der Waals surface area contributed by atoms with Crippen LogP contribution in [0.2, 0.25) is 0 Å². The lowest BCUT2D eigenvalue weighted by Crippen LogP contribution is -2.42. The quantitative estimate of drug-likeness (QED) is 0.752. The standard InChI is InChI=1S/C12H24N2O2/c1-14-5-6-16-12(8-14)10-15-9-11-3-2-4-13-7-11/h11-13H,2-10H2,1H3. The van der Waals surface area contributed by atoms with Crippen LogP contribution in [0.5, 0.6) is 0 Å². The molecule has 2 unspecified atom stereocenters. The molecular formula is C12H24N2O2. The molecule has 0 aliphatic carbocycles. The SMILES string of the molecule is CN1CCOC(COCC2CCCNC2)C1. The molecule has 2 saturated heterocycles. The molecular weight excluding hydrogens is 204 g/mol. The molecule has 2 aliphatic rings. The maximum Gasteiger partial charge on any atom is 0.0935 e. The van der Waals surface area contributed by atoms with Crippen LogP contribution in [-0.4, -0.2) is 64.1 Å². The second kappa shape index (κ2) is 6.55. The molecule has 2 heterocycles. The first kappa shape index (κ1) is 12.3. The van der Waals surface area contributed by atoms with E-state index in [1.54, 1.807) is 0 Å². The van der Waals surface area contributed by atoms with Gasteiger partial charge in [0.15, 0.2) is 0 Å². The molecule has 0 spiro atoms. The minimum atomic E-state index is 0.273. The van der Waals surface area contributed by atoms with Crippen LogP contribution in [0.25, 0.3) is 0 Å². The first-order chi connectivity index (χ1) is 7.84. The third kappa shape index (κ3) is 4.01. The molecule has 0 saturated carbocycles. The monoisotopic (exact) mass is 228 g/mol. The van der Waals surface area contributed by atoms with E-state index in [9.17, 15) is 0 Å². The highest BCUT2D eigenvalue weighted by molar-refractivity contribution is 4.70. The van der Waals surface area contributed by atoms with E-state index in [1.165, 1.54) is 19.4 Å². The molecule has 2 rings (SSSR count). The van der Waals surface area contributed by atoms with Gasteiger partial charge in [0.2, 0.25) is 0 Å². The first-order valence-corrected chi connectivity index (χ1v) is 6.43. The van der Waals surface area contributed by atoms with Crippen LogP contribution in [0, 0.1) is 5.92 Å². The molecule has 4 heteroatoms. The zero-order valence-electron chi connectivity index (χ0n) is 10.3. The minimum absolute atomic E-state index is 0.273. The fourth-order valence-corrected chi connectivity index (χ4v) is 2.40. The highest BCUT2D eigenvalue weighted by atomic mass is 16.5. The first-order valence-electron chi connectivity index (χ1n) is 6.43. The summed E-state index contributed by atoms with van der Waals surface area (Å²) >= 11 is 0. The molecule has 0 amide bonds. The lowest BCUT2D eigenvalue weighted by Gasteiger charge is -2.30. The average Bonchev–Trinajstić information content (AvgIpc) is 2.30. The third-order valence-electron chi connectivity index (χ3n) is 3.40. The van der Waals surface area contributed by atoms with Crippen molar-refractivity contribution >= 4 is 0 Å². The Bertz CT molecular complexity index is 195. The maximum absolute atomic E-state index is 5.77.